The topological polar surface area (TPSA) is 93.4 Å². The number of nitrogens with zero attached hydrogens (tertiary/aromatic N) is 5. The Balaban J connectivity index is 1.61. The summed E-state index contributed by atoms with van der Waals surface area (Å²) in [6, 6.07) is 7.69. The van der Waals surface area contributed by atoms with E-state index in [0.29, 0.717) is 12.3 Å². The number of hydrogen-bond donors (Lipinski definition) is 1. The molecule has 0 radical (unpaired) electrons. The van der Waals surface area contributed by atoms with Gasteiger partial charge in [0.2, 0.25) is 0 Å². The maximum Gasteiger partial charge on any atom is 0.341 e. The molecule has 1 atom stereocenters. The Morgan fingerprint density at radius 2 is 2.03 bits per heavy atom. The Hall–Kier alpha value is -3.26. The number of carboxylic acid groups (broad SMARTS) is 1. The average Bonchev–Trinajstić information content (AvgIpc) is 3.36. The number of imidazole rings is 1. The van der Waals surface area contributed by atoms with Crippen molar-refractivity contribution < 1.29 is 14.6 Å². The van der Waals surface area contributed by atoms with Crippen LogP contribution in [-0.2, 0) is 18.4 Å². The fourth-order valence-electron chi connectivity index (χ4n) is 3.82. The lowest BCUT2D eigenvalue weighted by atomic mass is 10.1. The number of aliphatic carboxylic acids is 1. The number of likely N-dealkylation sites (tertiary alicyclic amines) is 1. The van der Waals surface area contributed by atoms with E-state index in [9.17, 15) is 4.79 Å². The maximum absolute atomic E-state index is 10.9. The number of ether oxygens (including phenoxy) is 1. The number of rotatable bonds is 7. The van der Waals surface area contributed by atoms with E-state index in [4.69, 9.17) is 9.84 Å². The van der Waals surface area contributed by atoms with Gasteiger partial charge in [0.05, 0.1) is 11.7 Å². The molecule has 1 aliphatic heterocycles. The van der Waals surface area contributed by atoms with Crippen molar-refractivity contribution in [3.63, 3.8) is 0 Å². The monoisotopic (exact) mass is 393 g/mol. The van der Waals surface area contributed by atoms with Gasteiger partial charge in [0.15, 0.2) is 12.4 Å². The zero-order chi connectivity index (χ0) is 20.2. The van der Waals surface area contributed by atoms with Crippen molar-refractivity contribution in [3.8, 4) is 17.3 Å². The first-order chi connectivity index (χ1) is 14.1. The van der Waals surface area contributed by atoms with Gasteiger partial charge in [-0.1, -0.05) is 18.2 Å². The van der Waals surface area contributed by atoms with Crippen LogP contribution in [-0.4, -0.2) is 48.6 Å². The predicted molar refractivity (Wildman–Crippen MR) is 106 cm³/mol. The second-order valence-electron chi connectivity index (χ2n) is 7.07. The molecule has 0 saturated carbocycles. The molecule has 1 saturated heterocycles. The number of benzene rings is 1. The second-order valence-corrected chi connectivity index (χ2v) is 7.07. The summed E-state index contributed by atoms with van der Waals surface area (Å²) in [6.45, 7) is 1.22. The van der Waals surface area contributed by atoms with Gasteiger partial charge in [-0.05, 0) is 25.5 Å². The summed E-state index contributed by atoms with van der Waals surface area (Å²) in [4.78, 5) is 26.9. The zero-order valence-corrected chi connectivity index (χ0v) is 16.2. The summed E-state index contributed by atoms with van der Waals surface area (Å²) in [5.74, 6) is 0.410. The molecule has 1 N–H and O–H groups in total. The highest BCUT2D eigenvalue weighted by Gasteiger charge is 2.31. The van der Waals surface area contributed by atoms with E-state index in [1.54, 1.807) is 18.6 Å². The third kappa shape index (κ3) is 4.12. The lowest BCUT2D eigenvalue weighted by Gasteiger charge is -2.26. The molecule has 150 valence electrons. The molecule has 8 nitrogen and oxygen atoms in total. The molecule has 1 fully saturated rings. The van der Waals surface area contributed by atoms with Gasteiger partial charge in [-0.25, -0.2) is 14.8 Å². The molecule has 3 aromatic rings. The molecule has 2 aromatic heterocycles. The second kappa shape index (κ2) is 8.40. The quantitative estimate of drug-likeness (QED) is 0.659. The average molecular weight is 393 g/mol. The van der Waals surface area contributed by atoms with Gasteiger partial charge in [-0.15, -0.1) is 0 Å². The third-order valence-electron chi connectivity index (χ3n) is 5.14. The van der Waals surface area contributed by atoms with E-state index in [2.05, 4.69) is 19.9 Å². The van der Waals surface area contributed by atoms with E-state index in [1.807, 2.05) is 42.1 Å². The van der Waals surface area contributed by atoms with Gasteiger partial charge in [-0.2, -0.15) is 0 Å². The van der Waals surface area contributed by atoms with Crippen LogP contribution < -0.4 is 4.74 Å². The van der Waals surface area contributed by atoms with Crippen LogP contribution in [0.4, 0.5) is 0 Å². The Kier molecular flexibility index (Phi) is 5.53. The first-order valence-corrected chi connectivity index (χ1v) is 9.58. The lowest BCUT2D eigenvalue weighted by molar-refractivity contribution is -0.139. The van der Waals surface area contributed by atoms with Crippen molar-refractivity contribution in [2.75, 3.05) is 13.2 Å². The van der Waals surface area contributed by atoms with Crippen LogP contribution in [0.2, 0.25) is 0 Å². The van der Waals surface area contributed by atoms with E-state index < -0.39 is 5.97 Å². The van der Waals surface area contributed by atoms with Crippen molar-refractivity contribution >= 4 is 5.97 Å². The number of aryl methyl sites for hydroxylation is 1. The molecule has 1 aromatic carbocycles. The molecule has 29 heavy (non-hydrogen) atoms. The molecule has 0 amide bonds. The van der Waals surface area contributed by atoms with Crippen LogP contribution in [0.5, 0.6) is 5.75 Å². The summed E-state index contributed by atoms with van der Waals surface area (Å²) in [6.07, 6.45) is 9.12. The van der Waals surface area contributed by atoms with Crippen LogP contribution in [0, 0.1) is 0 Å². The molecule has 1 unspecified atom stereocenters. The van der Waals surface area contributed by atoms with Crippen LogP contribution in [0.3, 0.4) is 0 Å². The smallest absolute Gasteiger partial charge is 0.341 e. The summed E-state index contributed by atoms with van der Waals surface area (Å²) in [7, 11) is 1.95. The third-order valence-corrected chi connectivity index (χ3v) is 5.14. The van der Waals surface area contributed by atoms with Crippen LogP contribution in [0.25, 0.3) is 11.5 Å². The maximum atomic E-state index is 10.9. The number of carboxylic acids is 1. The predicted octanol–water partition coefficient (Wildman–Crippen LogP) is 2.68. The van der Waals surface area contributed by atoms with Gasteiger partial charge >= 0.3 is 5.97 Å². The number of aromatic nitrogens is 4. The van der Waals surface area contributed by atoms with Crippen LogP contribution in [0.1, 0.15) is 30.1 Å². The summed E-state index contributed by atoms with van der Waals surface area (Å²) < 4.78 is 7.43. The highest BCUT2D eigenvalue weighted by molar-refractivity contribution is 5.68. The van der Waals surface area contributed by atoms with Crippen molar-refractivity contribution in [3.05, 3.63) is 60.3 Å². The first kappa shape index (κ1) is 19.1. The fourth-order valence-corrected chi connectivity index (χ4v) is 3.82. The van der Waals surface area contributed by atoms with Crippen LogP contribution >= 0.6 is 0 Å². The summed E-state index contributed by atoms with van der Waals surface area (Å²) >= 11 is 0. The standard InChI is InChI=1S/C21H23N5O3/c1-25-12-10-24-21(25)20-19(22-8-9-23-20)16-6-4-11-26(16)13-15-5-2-3-7-17(15)29-14-18(27)28/h2-3,5,7-10,12,16H,4,6,11,13-14H2,1H3,(H,27,28). The minimum Gasteiger partial charge on any atom is -0.482 e. The molecular weight excluding hydrogens is 370 g/mol. The highest BCUT2D eigenvalue weighted by atomic mass is 16.5. The van der Waals surface area contributed by atoms with Gasteiger partial charge in [0.1, 0.15) is 11.4 Å². The molecule has 0 bridgehead atoms. The number of carbonyl (C=O) groups is 1. The number of para-hydroxylation sites is 1. The largest absolute Gasteiger partial charge is 0.482 e. The summed E-state index contributed by atoms with van der Waals surface area (Å²) in [5.41, 5.74) is 2.68. The SMILES string of the molecule is Cn1ccnc1-c1nccnc1C1CCCN1Cc1ccccc1OCC(=O)O. The molecule has 3 heterocycles. The molecule has 4 rings (SSSR count). The minimum atomic E-state index is -0.988. The van der Waals surface area contributed by atoms with Gasteiger partial charge in [-0.3, -0.25) is 9.88 Å². The first-order valence-electron chi connectivity index (χ1n) is 9.58. The van der Waals surface area contributed by atoms with Gasteiger partial charge in [0, 0.05) is 43.9 Å². The number of hydrogen-bond acceptors (Lipinski definition) is 6. The van der Waals surface area contributed by atoms with E-state index in [0.717, 1.165) is 42.2 Å². The van der Waals surface area contributed by atoms with Crippen molar-refractivity contribution in [2.24, 2.45) is 7.05 Å². The van der Waals surface area contributed by atoms with E-state index in [1.165, 1.54) is 0 Å². The highest BCUT2D eigenvalue weighted by Crippen LogP contribution is 2.36. The Morgan fingerprint density at radius 3 is 2.83 bits per heavy atom. The fraction of sp³-hybridized carbons (Fsp3) is 0.333. The van der Waals surface area contributed by atoms with E-state index in [-0.39, 0.29) is 12.6 Å². The normalized spacial score (nSPS) is 16.8. The van der Waals surface area contributed by atoms with Gasteiger partial charge in [0.25, 0.3) is 0 Å². The molecular formula is C21H23N5O3. The Bertz CT molecular complexity index is 1000. The van der Waals surface area contributed by atoms with E-state index >= 15 is 0 Å². The minimum absolute atomic E-state index is 0.114. The van der Waals surface area contributed by atoms with Crippen LogP contribution in [0.15, 0.2) is 49.1 Å². The summed E-state index contributed by atoms with van der Waals surface area (Å²) in [5, 5.41) is 8.93. The van der Waals surface area contributed by atoms with Crippen molar-refractivity contribution in [2.45, 2.75) is 25.4 Å². The molecule has 0 spiro atoms. The van der Waals surface area contributed by atoms with Gasteiger partial charge < -0.3 is 14.4 Å². The Labute approximate surface area is 168 Å². The Morgan fingerprint density at radius 1 is 1.21 bits per heavy atom. The van der Waals surface area contributed by atoms with Crippen molar-refractivity contribution in [1.29, 1.82) is 0 Å². The lowest BCUT2D eigenvalue weighted by Crippen LogP contribution is -2.25. The van der Waals surface area contributed by atoms with Crippen molar-refractivity contribution in [1.82, 2.24) is 24.4 Å². The molecule has 8 heteroatoms. The molecule has 1 aliphatic rings. The zero-order valence-electron chi connectivity index (χ0n) is 16.2. The molecule has 0 aliphatic carbocycles.